The molecule has 2 N–H and O–H groups in total. The highest BCUT2D eigenvalue weighted by Gasteiger charge is 2.25. The zero-order chi connectivity index (χ0) is 32.1. The summed E-state index contributed by atoms with van der Waals surface area (Å²) in [4.78, 5) is 36.8. The Labute approximate surface area is 268 Å². The maximum Gasteiger partial charge on any atom is 0.253 e. The Kier molecular flexibility index (Phi) is 10.8. The Balaban J connectivity index is 1.42. The number of pyridine rings is 1. The molecule has 2 saturated heterocycles. The van der Waals surface area contributed by atoms with Crippen LogP contribution in [0.5, 0.6) is 0 Å². The number of carbonyl (C=O) groups is 1. The molecule has 0 atom stereocenters. The molecule has 0 radical (unpaired) electrons. The van der Waals surface area contributed by atoms with Crippen molar-refractivity contribution in [3.8, 4) is 11.1 Å². The van der Waals surface area contributed by atoms with E-state index in [1.807, 2.05) is 32.9 Å². The molecular formula is C37H51N5O3. The van der Waals surface area contributed by atoms with Gasteiger partial charge in [0.25, 0.3) is 11.5 Å². The van der Waals surface area contributed by atoms with Crippen molar-refractivity contribution in [3.05, 3.63) is 86.3 Å². The van der Waals surface area contributed by atoms with Crippen LogP contribution < -0.4 is 15.8 Å². The predicted molar refractivity (Wildman–Crippen MR) is 183 cm³/mol. The van der Waals surface area contributed by atoms with Gasteiger partial charge in [0, 0.05) is 93.6 Å². The second kappa shape index (κ2) is 14.8. The lowest BCUT2D eigenvalue weighted by Gasteiger charge is -2.37. The van der Waals surface area contributed by atoms with Crippen molar-refractivity contribution in [1.29, 1.82) is 0 Å². The van der Waals surface area contributed by atoms with Crippen LogP contribution in [0.3, 0.4) is 0 Å². The number of aromatic amines is 1. The number of ether oxygens (including phenoxy) is 1. The summed E-state index contributed by atoms with van der Waals surface area (Å²) in [6.45, 7) is 20.4. The van der Waals surface area contributed by atoms with Crippen molar-refractivity contribution in [2.24, 2.45) is 0 Å². The number of aryl methyl sites for hydroxylation is 2. The number of hydrogen-bond acceptors (Lipinski definition) is 6. The fraction of sp³-hybridized carbons (Fsp3) is 0.514. The number of nitrogens with one attached hydrogen (secondary N) is 2. The first-order valence-electron chi connectivity index (χ1n) is 16.7. The van der Waals surface area contributed by atoms with E-state index in [9.17, 15) is 9.59 Å². The van der Waals surface area contributed by atoms with Crippen molar-refractivity contribution in [2.75, 3.05) is 50.8 Å². The second-order valence-electron chi connectivity index (χ2n) is 13.0. The number of amides is 1. The lowest BCUT2D eigenvalue weighted by Crippen LogP contribution is -2.48. The van der Waals surface area contributed by atoms with E-state index in [0.717, 1.165) is 99.0 Å². The van der Waals surface area contributed by atoms with Crippen LogP contribution >= 0.6 is 0 Å². The number of aromatic nitrogens is 1. The third kappa shape index (κ3) is 7.86. The molecule has 1 amide bonds. The van der Waals surface area contributed by atoms with Gasteiger partial charge in [-0.05, 0) is 100 Å². The molecule has 2 aromatic carbocycles. The molecule has 5 rings (SSSR count). The Morgan fingerprint density at radius 3 is 2.31 bits per heavy atom. The molecular weight excluding hydrogens is 562 g/mol. The number of nitrogens with zero attached hydrogens (tertiary/aromatic N) is 3. The standard InChI is InChI=1S/C37H51N5O3/c1-7-42(32-12-18-45-19-13-32)35-22-31(30-10-8-29(9-11-30)24-40-14-16-41(17-15-40)25(2)3)21-33(28(35)6)36(43)38-23-34-26(4)20-27(5)39-37(34)44/h8-11,20-22,25,32H,7,12-19,23-24H2,1-6H3,(H,38,43)(H,39,44). The van der Waals surface area contributed by atoms with Gasteiger partial charge in [-0.2, -0.15) is 0 Å². The van der Waals surface area contributed by atoms with Gasteiger partial charge in [0.1, 0.15) is 0 Å². The van der Waals surface area contributed by atoms with Gasteiger partial charge in [-0.15, -0.1) is 0 Å². The molecule has 0 spiro atoms. The van der Waals surface area contributed by atoms with Crippen molar-refractivity contribution in [2.45, 2.75) is 79.6 Å². The highest BCUT2D eigenvalue weighted by Crippen LogP contribution is 2.34. The number of piperazine rings is 1. The van der Waals surface area contributed by atoms with E-state index in [-0.39, 0.29) is 18.0 Å². The quantitative estimate of drug-likeness (QED) is 0.318. The molecule has 3 aromatic rings. The summed E-state index contributed by atoms with van der Waals surface area (Å²) in [5.41, 5.74) is 8.22. The summed E-state index contributed by atoms with van der Waals surface area (Å²) in [5, 5.41) is 3.06. The largest absolute Gasteiger partial charge is 0.381 e. The molecule has 45 heavy (non-hydrogen) atoms. The predicted octanol–water partition coefficient (Wildman–Crippen LogP) is 5.43. The van der Waals surface area contributed by atoms with Gasteiger partial charge in [0.2, 0.25) is 0 Å². The van der Waals surface area contributed by atoms with Crippen molar-refractivity contribution < 1.29 is 9.53 Å². The second-order valence-corrected chi connectivity index (χ2v) is 13.0. The molecule has 0 unspecified atom stereocenters. The van der Waals surface area contributed by atoms with Gasteiger partial charge < -0.3 is 19.9 Å². The molecule has 2 fully saturated rings. The van der Waals surface area contributed by atoms with Crippen LogP contribution in [0.4, 0.5) is 5.69 Å². The fourth-order valence-corrected chi connectivity index (χ4v) is 6.89. The first-order chi connectivity index (χ1) is 21.6. The van der Waals surface area contributed by atoms with Gasteiger partial charge in [-0.1, -0.05) is 24.3 Å². The Morgan fingerprint density at radius 1 is 1.00 bits per heavy atom. The Morgan fingerprint density at radius 2 is 1.69 bits per heavy atom. The Bertz CT molecular complexity index is 1520. The van der Waals surface area contributed by atoms with Crippen LogP contribution in [0, 0.1) is 20.8 Å². The number of H-pyrrole nitrogens is 1. The number of hydrogen-bond donors (Lipinski definition) is 2. The van der Waals surface area contributed by atoms with Gasteiger partial charge in [0.05, 0.1) is 0 Å². The molecule has 242 valence electrons. The molecule has 8 nitrogen and oxygen atoms in total. The van der Waals surface area contributed by atoms with Crippen molar-refractivity contribution in [3.63, 3.8) is 0 Å². The normalized spacial score (nSPS) is 16.7. The minimum Gasteiger partial charge on any atom is -0.381 e. The molecule has 0 aliphatic carbocycles. The van der Waals surface area contributed by atoms with Crippen LogP contribution in [0.15, 0.2) is 47.3 Å². The van der Waals surface area contributed by atoms with Crippen LogP contribution in [0.2, 0.25) is 0 Å². The molecule has 8 heteroatoms. The topological polar surface area (TPSA) is 80.9 Å². The smallest absolute Gasteiger partial charge is 0.253 e. The lowest BCUT2D eigenvalue weighted by molar-refractivity contribution is 0.0846. The third-order valence-corrected chi connectivity index (χ3v) is 9.66. The summed E-state index contributed by atoms with van der Waals surface area (Å²) in [6, 6.07) is 16.0. The van der Waals surface area contributed by atoms with E-state index in [0.29, 0.717) is 23.2 Å². The van der Waals surface area contributed by atoms with Crippen molar-refractivity contribution in [1.82, 2.24) is 20.1 Å². The van der Waals surface area contributed by atoms with Crippen molar-refractivity contribution >= 4 is 11.6 Å². The molecule has 0 bridgehead atoms. The SMILES string of the molecule is CCN(c1cc(-c2ccc(CN3CCN(C(C)C)CC3)cc2)cc(C(=O)NCc2c(C)cc(C)[nH]c2=O)c1C)C1CCOCC1. The van der Waals surface area contributed by atoms with E-state index in [1.54, 1.807) is 0 Å². The molecule has 2 aliphatic rings. The maximum atomic E-state index is 13.8. The zero-order valence-electron chi connectivity index (χ0n) is 28.0. The minimum atomic E-state index is -0.171. The average molecular weight is 614 g/mol. The first kappa shape index (κ1) is 32.9. The maximum absolute atomic E-state index is 13.8. The van der Waals surface area contributed by atoms with Crippen LogP contribution in [-0.2, 0) is 17.8 Å². The number of benzene rings is 2. The molecule has 3 heterocycles. The van der Waals surface area contributed by atoms with Gasteiger partial charge >= 0.3 is 0 Å². The van der Waals surface area contributed by atoms with E-state index in [1.165, 1.54) is 5.56 Å². The summed E-state index contributed by atoms with van der Waals surface area (Å²) < 4.78 is 5.67. The number of rotatable bonds is 10. The third-order valence-electron chi connectivity index (χ3n) is 9.66. The van der Waals surface area contributed by atoms with Crippen LogP contribution in [0.25, 0.3) is 11.1 Å². The number of carbonyl (C=O) groups excluding carboxylic acids is 1. The Hall–Kier alpha value is -3.46. The van der Waals surface area contributed by atoms with Gasteiger partial charge in [0.15, 0.2) is 0 Å². The van der Waals surface area contributed by atoms with E-state index in [2.05, 4.69) is 76.1 Å². The van der Waals surface area contributed by atoms with Crippen LogP contribution in [0.1, 0.15) is 71.9 Å². The molecule has 0 saturated carbocycles. The average Bonchev–Trinajstić information content (AvgIpc) is 3.03. The summed E-state index contributed by atoms with van der Waals surface area (Å²) >= 11 is 0. The van der Waals surface area contributed by atoms with E-state index >= 15 is 0 Å². The summed E-state index contributed by atoms with van der Waals surface area (Å²) in [6.07, 6.45) is 1.93. The van der Waals surface area contributed by atoms with E-state index < -0.39 is 0 Å². The molecule has 1 aromatic heterocycles. The monoisotopic (exact) mass is 613 g/mol. The molecule has 2 aliphatic heterocycles. The lowest BCUT2D eigenvalue weighted by atomic mass is 9.94. The highest BCUT2D eigenvalue weighted by atomic mass is 16.5. The summed E-state index contributed by atoms with van der Waals surface area (Å²) in [7, 11) is 0. The van der Waals surface area contributed by atoms with Gasteiger partial charge in [-0.3, -0.25) is 19.4 Å². The van der Waals surface area contributed by atoms with Gasteiger partial charge in [-0.25, -0.2) is 0 Å². The summed E-state index contributed by atoms with van der Waals surface area (Å²) in [5.74, 6) is -0.171. The fourth-order valence-electron chi connectivity index (χ4n) is 6.89. The first-order valence-corrected chi connectivity index (χ1v) is 16.7. The highest BCUT2D eigenvalue weighted by molar-refractivity contribution is 5.99. The van der Waals surface area contributed by atoms with E-state index in [4.69, 9.17) is 4.74 Å². The minimum absolute atomic E-state index is 0.155. The zero-order valence-corrected chi connectivity index (χ0v) is 28.0. The van der Waals surface area contributed by atoms with Crippen LogP contribution in [-0.4, -0.2) is 78.7 Å². The number of anilines is 1.